The molecular weight excluding hydrogens is 322 g/mol. The molecule has 1 aliphatic heterocycles. The van der Waals surface area contributed by atoms with Crippen LogP contribution in [0.4, 0.5) is 5.69 Å². The number of nitrogens with one attached hydrogen (secondary N) is 1. The van der Waals surface area contributed by atoms with Gasteiger partial charge in [0, 0.05) is 38.4 Å². The Morgan fingerprint density at radius 3 is 2.35 bits per heavy atom. The molecule has 1 fully saturated rings. The van der Waals surface area contributed by atoms with Crippen LogP contribution in [0.5, 0.6) is 0 Å². The van der Waals surface area contributed by atoms with Crippen molar-refractivity contribution in [1.82, 2.24) is 10.2 Å². The van der Waals surface area contributed by atoms with E-state index in [9.17, 15) is 4.79 Å². The van der Waals surface area contributed by atoms with E-state index in [1.165, 1.54) is 27.9 Å². The summed E-state index contributed by atoms with van der Waals surface area (Å²) in [6, 6.07) is 14.7. The normalized spacial score (nSPS) is 14.6. The molecule has 0 spiro atoms. The van der Waals surface area contributed by atoms with Crippen molar-refractivity contribution in [2.75, 3.05) is 37.6 Å². The van der Waals surface area contributed by atoms with Gasteiger partial charge in [0.2, 0.25) is 5.91 Å². The number of nitrogens with zero attached hydrogens (tertiary/aromatic N) is 2. The van der Waals surface area contributed by atoms with Gasteiger partial charge >= 0.3 is 0 Å². The minimum absolute atomic E-state index is 0.194. The number of benzene rings is 2. The Morgan fingerprint density at radius 2 is 1.62 bits per heavy atom. The first kappa shape index (κ1) is 18.5. The SMILES string of the molecule is Cc1ccccc1CNCC(=O)N1CCN(c2cccc(C)c2C)CC1. The van der Waals surface area contributed by atoms with Crippen LogP contribution in [-0.2, 0) is 11.3 Å². The molecular formula is C22H29N3O. The zero-order valence-electron chi connectivity index (χ0n) is 16.1. The third-order valence-electron chi connectivity index (χ3n) is 5.40. The van der Waals surface area contributed by atoms with Crippen LogP contribution in [0.25, 0.3) is 0 Å². The zero-order chi connectivity index (χ0) is 18.5. The van der Waals surface area contributed by atoms with Gasteiger partial charge < -0.3 is 15.1 Å². The molecule has 1 amide bonds. The monoisotopic (exact) mass is 351 g/mol. The number of hydrogen-bond acceptors (Lipinski definition) is 3. The molecule has 26 heavy (non-hydrogen) atoms. The average Bonchev–Trinajstić information content (AvgIpc) is 2.65. The quantitative estimate of drug-likeness (QED) is 0.899. The Labute approximate surface area is 156 Å². The minimum Gasteiger partial charge on any atom is -0.368 e. The number of carbonyl (C=O) groups excluding carboxylic acids is 1. The fourth-order valence-electron chi connectivity index (χ4n) is 3.50. The molecule has 1 heterocycles. The topological polar surface area (TPSA) is 35.6 Å². The number of carbonyl (C=O) groups is 1. The second-order valence-electron chi connectivity index (χ2n) is 7.12. The fourth-order valence-corrected chi connectivity index (χ4v) is 3.50. The molecule has 2 aromatic carbocycles. The van der Waals surface area contributed by atoms with Crippen LogP contribution in [0.3, 0.4) is 0 Å². The summed E-state index contributed by atoms with van der Waals surface area (Å²) in [6.07, 6.45) is 0. The van der Waals surface area contributed by atoms with Gasteiger partial charge in [-0.2, -0.15) is 0 Å². The van der Waals surface area contributed by atoms with Crippen LogP contribution in [0.15, 0.2) is 42.5 Å². The minimum atomic E-state index is 0.194. The lowest BCUT2D eigenvalue weighted by molar-refractivity contribution is -0.130. The predicted octanol–water partition coefficient (Wildman–Crippen LogP) is 3.05. The van der Waals surface area contributed by atoms with Crippen LogP contribution in [0, 0.1) is 20.8 Å². The Balaban J connectivity index is 1.48. The molecule has 0 saturated carbocycles. The molecule has 2 aromatic rings. The van der Waals surface area contributed by atoms with Crippen molar-refractivity contribution in [3.63, 3.8) is 0 Å². The van der Waals surface area contributed by atoms with Gasteiger partial charge in [0.15, 0.2) is 0 Å². The van der Waals surface area contributed by atoms with Gasteiger partial charge in [-0.1, -0.05) is 36.4 Å². The van der Waals surface area contributed by atoms with Crippen LogP contribution in [-0.4, -0.2) is 43.5 Å². The van der Waals surface area contributed by atoms with Gasteiger partial charge in [-0.15, -0.1) is 0 Å². The number of aryl methyl sites for hydroxylation is 2. The third-order valence-corrected chi connectivity index (χ3v) is 5.40. The van der Waals surface area contributed by atoms with E-state index in [1.54, 1.807) is 0 Å². The molecule has 0 aromatic heterocycles. The first-order valence-electron chi connectivity index (χ1n) is 9.40. The summed E-state index contributed by atoms with van der Waals surface area (Å²) < 4.78 is 0. The van der Waals surface area contributed by atoms with Gasteiger partial charge in [0.05, 0.1) is 6.54 Å². The summed E-state index contributed by atoms with van der Waals surface area (Å²) >= 11 is 0. The average molecular weight is 351 g/mol. The molecule has 138 valence electrons. The lowest BCUT2D eigenvalue weighted by Gasteiger charge is -2.37. The van der Waals surface area contributed by atoms with Crippen molar-refractivity contribution < 1.29 is 4.79 Å². The van der Waals surface area contributed by atoms with Crippen molar-refractivity contribution in [2.24, 2.45) is 0 Å². The molecule has 0 unspecified atom stereocenters. The van der Waals surface area contributed by atoms with E-state index < -0.39 is 0 Å². The van der Waals surface area contributed by atoms with Crippen LogP contribution in [0.1, 0.15) is 22.3 Å². The molecule has 0 atom stereocenters. The van der Waals surface area contributed by atoms with Gasteiger partial charge in [0.25, 0.3) is 0 Å². The Kier molecular flexibility index (Phi) is 5.94. The van der Waals surface area contributed by atoms with E-state index in [0.29, 0.717) is 6.54 Å². The highest BCUT2D eigenvalue weighted by molar-refractivity contribution is 5.78. The first-order valence-corrected chi connectivity index (χ1v) is 9.40. The summed E-state index contributed by atoms with van der Waals surface area (Å²) in [5, 5.41) is 3.29. The molecule has 3 rings (SSSR count). The Hall–Kier alpha value is -2.33. The molecule has 4 heteroatoms. The van der Waals surface area contributed by atoms with Crippen molar-refractivity contribution >= 4 is 11.6 Å². The van der Waals surface area contributed by atoms with Crippen molar-refractivity contribution in [3.05, 3.63) is 64.7 Å². The second kappa shape index (κ2) is 8.37. The maximum Gasteiger partial charge on any atom is 0.236 e. The summed E-state index contributed by atoms with van der Waals surface area (Å²) in [4.78, 5) is 16.9. The number of rotatable bonds is 5. The number of piperazine rings is 1. The lowest BCUT2D eigenvalue weighted by Crippen LogP contribution is -2.51. The standard InChI is InChI=1S/C22H29N3O/c1-17-8-6-10-21(19(17)3)24-11-13-25(14-12-24)22(26)16-23-15-20-9-5-4-7-18(20)2/h4-10,23H,11-16H2,1-3H3. The molecule has 0 radical (unpaired) electrons. The van der Waals surface area contributed by atoms with Crippen molar-refractivity contribution in [3.8, 4) is 0 Å². The van der Waals surface area contributed by atoms with E-state index in [1.807, 2.05) is 17.0 Å². The van der Waals surface area contributed by atoms with Crippen LogP contribution in [0.2, 0.25) is 0 Å². The summed E-state index contributed by atoms with van der Waals surface area (Å²) in [5.74, 6) is 0.194. The second-order valence-corrected chi connectivity index (χ2v) is 7.12. The van der Waals surface area contributed by atoms with Gasteiger partial charge in [0.1, 0.15) is 0 Å². The van der Waals surface area contributed by atoms with Gasteiger partial charge in [-0.05, 0) is 49.1 Å². The molecule has 1 saturated heterocycles. The highest BCUT2D eigenvalue weighted by Gasteiger charge is 2.22. The van der Waals surface area contributed by atoms with E-state index in [-0.39, 0.29) is 5.91 Å². The third kappa shape index (κ3) is 4.25. The summed E-state index contributed by atoms with van der Waals surface area (Å²) in [7, 11) is 0. The predicted molar refractivity (Wildman–Crippen MR) is 108 cm³/mol. The highest BCUT2D eigenvalue weighted by atomic mass is 16.2. The number of amides is 1. The molecule has 1 aliphatic rings. The summed E-state index contributed by atoms with van der Waals surface area (Å²) in [6.45, 7) is 10.9. The summed E-state index contributed by atoms with van der Waals surface area (Å²) in [5.41, 5.74) is 6.47. The van der Waals surface area contributed by atoms with Crippen molar-refractivity contribution in [1.29, 1.82) is 0 Å². The van der Waals surface area contributed by atoms with Crippen LogP contribution < -0.4 is 10.2 Å². The number of anilines is 1. The van der Waals surface area contributed by atoms with Gasteiger partial charge in [-0.3, -0.25) is 4.79 Å². The Bertz CT molecular complexity index is 764. The zero-order valence-corrected chi connectivity index (χ0v) is 16.1. The van der Waals surface area contributed by atoms with Crippen LogP contribution >= 0.6 is 0 Å². The molecule has 1 N–H and O–H groups in total. The molecule has 0 aliphatic carbocycles. The molecule has 4 nitrogen and oxygen atoms in total. The maximum absolute atomic E-state index is 12.5. The highest BCUT2D eigenvalue weighted by Crippen LogP contribution is 2.23. The Morgan fingerprint density at radius 1 is 0.923 bits per heavy atom. The van der Waals surface area contributed by atoms with E-state index >= 15 is 0 Å². The lowest BCUT2D eigenvalue weighted by atomic mass is 10.1. The van der Waals surface area contributed by atoms with E-state index in [2.05, 4.69) is 61.3 Å². The molecule has 0 bridgehead atoms. The van der Waals surface area contributed by atoms with E-state index in [0.717, 1.165) is 32.7 Å². The number of hydrogen-bond donors (Lipinski definition) is 1. The van der Waals surface area contributed by atoms with Gasteiger partial charge in [-0.25, -0.2) is 0 Å². The van der Waals surface area contributed by atoms with E-state index in [4.69, 9.17) is 0 Å². The largest absolute Gasteiger partial charge is 0.368 e. The smallest absolute Gasteiger partial charge is 0.236 e. The van der Waals surface area contributed by atoms with Crippen molar-refractivity contribution in [2.45, 2.75) is 27.3 Å². The fraction of sp³-hybridized carbons (Fsp3) is 0.409. The maximum atomic E-state index is 12.5. The first-order chi connectivity index (χ1) is 12.6.